The summed E-state index contributed by atoms with van der Waals surface area (Å²) in [6, 6.07) is 4.12. The summed E-state index contributed by atoms with van der Waals surface area (Å²) >= 11 is 0. The Morgan fingerprint density at radius 3 is 2.69 bits per heavy atom. The molecule has 3 N–H and O–H groups in total. The summed E-state index contributed by atoms with van der Waals surface area (Å²) < 4.78 is 0. The van der Waals surface area contributed by atoms with Crippen molar-refractivity contribution >= 4 is 11.8 Å². The molecule has 0 saturated carbocycles. The highest BCUT2D eigenvalue weighted by molar-refractivity contribution is 5.98. The smallest absolute Gasteiger partial charge is 0.303 e. The number of ketones is 1. The summed E-state index contributed by atoms with van der Waals surface area (Å²) in [7, 11) is 0. The first-order chi connectivity index (χ1) is 7.52. The maximum atomic E-state index is 11.8. The molecule has 0 spiro atoms. The molecule has 1 unspecified atom stereocenters. The van der Waals surface area contributed by atoms with E-state index in [4.69, 9.17) is 10.8 Å². The number of pyridine rings is 1. The maximum Gasteiger partial charge on any atom is 0.303 e. The van der Waals surface area contributed by atoms with Gasteiger partial charge in [-0.2, -0.15) is 0 Å². The van der Waals surface area contributed by atoms with E-state index in [1.807, 2.05) is 0 Å². The second-order valence-corrected chi connectivity index (χ2v) is 3.68. The predicted octanol–water partition coefficient (Wildman–Crippen LogP) is 0.702. The molecule has 1 rings (SSSR count). The standard InChI is InChI=1S/C11H14N2O3/c1-7(6-9(14)15)10(12)11(16)8-4-2-3-5-13-8/h2-5,7,10H,6,12H2,1H3,(H,14,15)/t7?,10-/m0/s1. The molecule has 86 valence electrons. The fourth-order valence-corrected chi connectivity index (χ4v) is 1.34. The summed E-state index contributed by atoms with van der Waals surface area (Å²) in [5.74, 6) is -1.70. The highest BCUT2D eigenvalue weighted by Crippen LogP contribution is 2.10. The van der Waals surface area contributed by atoms with Crippen molar-refractivity contribution in [3.63, 3.8) is 0 Å². The summed E-state index contributed by atoms with van der Waals surface area (Å²) in [4.78, 5) is 26.2. The zero-order valence-corrected chi connectivity index (χ0v) is 8.96. The number of nitrogens with zero attached hydrogens (tertiary/aromatic N) is 1. The van der Waals surface area contributed by atoms with E-state index in [0.717, 1.165) is 0 Å². The van der Waals surface area contributed by atoms with Crippen LogP contribution in [0.3, 0.4) is 0 Å². The Balaban J connectivity index is 2.71. The lowest BCUT2D eigenvalue weighted by Crippen LogP contribution is -2.38. The van der Waals surface area contributed by atoms with Crippen molar-refractivity contribution < 1.29 is 14.7 Å². The summed E-state index contributed by atoms with van der Waals surface area (Å²) in [5.41, 5.74) is 5.96. The zero-order chi connectivity index (χ0) is 12.1. The molecule has 16 heavy (non-hydrogen) atoms. The van der Waals surface area contributed by atoms with Crippen molar-refractivity contribution in [2.45, 2.75) is 19.4 Å². The predicted molar refractivity (Wildman–Crippen MR) is 58.0 cm³/mol. The Hall–Kier alpha value is -1.75. The van der Waals surface area contributed by atoms with Gasteiger partial charge in [-0.15, -0.1) is 0 Å². The SMILES string of the molecule is CC(CC(=O)O)[C@H](N)C(=O)c1ccccn1. The molecule has 1 aromatic heterocycles. The summed E-state index contributed by atoms with van der Waals surface area (Å²) in [5, 5.41) is 8.60. The number of rotatable bonds is 5. The van der Waals surface area contributed by atoms with E-state index in [-0.39, 0.29) is 17.9 Å². The third kappa shape index (κ3) is 3.13. The van der Waals surface area contributed by atoms with Crippen molar-refractivity contribution in [3.05, 3.63) is 30.1 Å². The Bertz CT molecular complexity index is 378. The van der Waals surface area contributed by atoms with Gasteiger partial charge in [0.2, 0.25) is 0 Å². The molecule has 2 atom stereocenters. The number of aromatic nitrogens is 1. The Labute approximate surface area is 93.3 Å². The quantitative estimate of drug-likeness (QED) is 0.715. The molecule has 0 fully saturated rings. The van der Waals surface area contributed by atoms with Crippen LogP contribution in [0.5, 0.6) is 0 Å². The van der Waals surface area contributed by atoms with Crippen LogP contribution >= 0.6 is 0 Å². The minimum atomic E-state index is -0.961. The lowest BCUT2D eigenvalue weighted by atomic mass is 9.94. The van der Waals surface area contributed by atoms with Crippen LogP contribution in [0.15, 0.2) is 24.4 Å². The Morgan fingerprint density at radius 2 is 2.19 bits per heavy atom. The number of carboxylic acids is 1. The van der Waals surface area contributed by atoms with Gasteiger partial charge < -0.3 is 10.8 Å². The molecule has 0 amide bonds. The lowest BCUT2D eigenvalue weighted by molar-refractivity contribution is -0.138. The number of carbonyl (C=O) groups is 2. The molecule has 0 aliphatic carbocycles. The molecule has 1 heterocycles. The molecule has 1 aromatic rings. The topological polar surface area (TPSA) is 93.3 Å². The number of aliphatic carboxylic acids is 1. The van der Waals surface area contributed by atoms with Crippen LogP contribution in [-0.2, 0) is 4.79 Å². The molecule has 0 aliphatic heterocycles. The fraction of sp³-hybridized carbons (Fsp3) is 0.364. The van der Waals surface area contributed by atoms with Crippen molar-refractivity contribution in [1.82, 2.24) is 4.98 Å². The van der Waals surface area contributed by atoms with Crippen LogP contribution in [0.2, 0.25) is 0 Å². The Morgan fingerprint density at radius 1 is 1.50 bits per heavy atom. The molecule has 5 nitrogen and oxygen atoms in total. The van der Waals surface area contributed by atoms with E-state index < -0.39 is 17.9 Å². The van der Waals surface area contributed by atoms with Crippen LogP contribution < -0.4 is 5.73 Å². The van der Waals surface area contributed by atoms with Gasteiger partial charge in [0.25, 0.3) is 0 Å². The lowest BCUT2D eigenvalue weighted by Gasteiger charge is -2.16. The molecule has 5 heteroatoms. The van der Waals surface area contributed by atoms with Crippen molar-refractivity contribution in [3.8, 4) is 0 Å². The number of Topliss-reactive ketones (excluding diaryl/α,β-unsaturated/α-hetero) is 1. The number of carbonyl (C=O) groups excluding carboxylic acids is 1. The van der Waals surface area contributed by atoms with Gasteiger partial charge in [-0.1, -0.05) is 13.0 Å². The van der Waals surface area contributed by atoms with Crippen molar-refractivity contribution in [2.24, 2.45) is 11.7 Å². The second-order valence-electron chi connectivity index (χ2n) is 3.68. The fourth-order valence-electron chi connectivity index (χ4n) is 1.34. The molecule has 0 saturated heterocycles. The minimum Gasteiger partial charge on any atom is -0.481 e. The largest absolute Gasteiger partial charge is 0.481 e. The van der Waals surface area contributed by atoms with Gasteiger partial charge in [0.1, 0.15) is 5.69 Å². The molecule has 0 aliphatic rings. The molecule has 0 aromatic carbocycles. The van der Waals surface area contributed by atoms with Gasteiger partial charge in [-0.3, -0.25) is 14.6 Å². The number of hydrogen-bond donors (Lipinski definition) is 2. The highest BCUT2D eigenvalue weighted by Gasteiger charge is 2.24. The van der Waals surface area contributed by atoms with E-state index in [0.29, 0.717) is 0 Å². The average Bonchev–Trinajstić information content (AvgIpc) is 2.27. The van der Waals surface area contributed by atoms with Gasteiger partial charge in [-0.05, 0) is 18.1 Å². The highest BCUT2D eigenvalue weighted by atomic mass is 16.4. The van der Waals surface area contributed by atoms with Crippen LogP contribution in [-0.4, -0.2) is 27.9 Å². The van der Waals surface area contributed by atoms with Gasteiger partial charge in [0, 0.05) is 12.6 Å². The number of hydrogen-bond acceptors (Lipinski definition) is 4. The zero-order valence-electron chi connectivity index (χ0n) is 8.96. The second kappa shape index (κ2) is 5.37. The van der Waals surface area contributed by atoms with E-state index in [2.05, 4.69) is 4.98 Å². The average molecular weight is 222 g/mol. The van der Waals surface area contributed by atoms with Crippen LogP contribution in [0, 0.1) is 5.92 Å². The summed E-state index contributed by atoms with van der Waals surface area (Å²) in [6.07, 6.45) is 1.38. The first-order valence-corrected chi connectivity index (χ1v) is 4.95. The maximum absolute atomic E-state index is 11.8. The summed E-state index contributed by atoms with van der Waals surface area (Å²) in [6.45, 7) is 1.64. The van der Waals surface area contributed by atoms with E-state index >= 15 is 0 Å². The third-order valence-corrected chi connectivity index (χ3v) is 2.33. The minimum absolute atomic E-state index is 0.125. The normalized spacial score (nSPS) is 14.1. The van der Waals surface area contributed by atoms with E-state index in [1.54, 1.807) is 25.1 Å². The van der Waals surface area contributed by atoms with Gasteiger partial charge in [0.05, 0.1) is 6.04 Å². The monoisotopic (exact) mass is 222 g/mol. The molecular formula is C11H14N2O3. The number of carboxylic acid groups (broad SMARTS) is 1. The van der Waals surface area contributed by atoms with Gasteiger partial charge in [0.15, 0.2) is 5.78 Å². The van der Waals surface area contributed by atoms with Gasteiger partial charge >= 0.3 is 5.97 Å². The Kier molecular flexibility index (Phi) is 4.13. The molecule has 0 bridgehead atoms. The first-order valence-electron chi connectivity index (χ1n) is 4.95. The molecule has 0 radical (unpaired) electrons. The van der Waals surface area contributed by atoms with Crippen LogP contribution in [0.4, 0.5) is 0 Å². The van der Waals surface area contributed by atoms with Gasteiger partial charge in [-0.25, -0.2) is 0 Å². The molecular weight excluding hydrogens is 208 g/mol. The van der Waals surface area contributed by atoms with E-state index in [1.165, 1.54) is 6.20 Å². The van der Waals surface area contributed by atoms with E-state index in [9.17, 15) is 9.59 Å². The third-order valence-electron chi connectivity index (χ3n) is 2.33. The van der Waals surface area contributed by atoms with Crippen molar-refractivity contribution in [2.75, 3.05) is 0 Å². The number of nitrogens with two attached hydrogens (primary N) is 1. The van der Waals surface area contributed by atoms with Crippen LogP contribution in [0.25, 0.3) is 0 Å². The van der Waals surface area contributed by atoms with Crippen LogP contribution in [0.1, 0.15) is 23.8 Å². The van der Waals surface area contributed by atoms with Crippen molar-refractivity contribution in [1.29, 1.82) is 0 Å². The first kappa shape index (κ1) is 12.3.